The number of benzene rings is 2. The van der Waals surface area contributed by atoms with Crippen molar-refractivity contribution in [1.29, 1.82) is 0 Å². The fourth-order valence-electron chi connectivity index (χ4n) is 3.49. The molecular formula is C24H30N6O3. The topological polar surface area (TPSA) is 94.4 Å². The predicted molar refractivity (Wildman–Crippen MR) is 125 cm³/mol. The van der Waals surface area contributed by atoms with E-state index in [1.54, 1.807) is 0 Å². The van der Waals surface area contributed by atoms with Crippen LogP contribution in [0.2, 0.25) is 0 Å². The first-order valence-electron chi connectivity index (χ1n) is 11.4. The highest BCUT2D eigenvalue weighted by atomic mass is 16.5. The zero-order valence-electron chi connectivity index (χ0n) is 18.9. The van der Waals surface area contributed by atoms with Crippen molar-refractivity contribution in [3.05, 3.63) is 54.1 Å². The number of anilines is 1. The average molecular weight is 451 g/mol. The van der Waals surface area contributed by atoms with Crippen LogP contribution in [0.1, 0.15) is 25.3 Å². The second-order valence-electron chi connectivity index (χ2n) is 7.91. The minimum absolute atomic E-state index is 0.0110. The van der Waals surface area contributed by atoms with Crippen LogP contribution in [-0.2, 0) is 22.6 Å². The van der Waals surface area contributed by atoms with Gasteiger partial charge in [0, 0.05) is 30.9 Å². The molecule has 1 saturated heterocycles. The summed E-state index contributed by atoms with van der Waals surface area (Å²) in [5.74, 6) is 1.16. The van der Waals surface area contributed by atoms with E-state index in [0.29, 0.717) is 12.4 Å². The van der Waals surface area contributed by atoms with E-state index in [0.717, 1.165) is 68.3 Å². The average Bonchev–Trinajstić information content (AvgIpc) is 3.33. The van der Waals surface area contributed by atoms with E-state index in [1.165, 1.54) is 4.80 Å². The van der Waals surface area contributed by atoms with Crippen molar-refractivity contribution < 1.29 is 14.3 Å². The van der Waals surface area contributed by atoms with Gasteiger partial charge in [0.2, 0.25) is 11.7 Å². The van der Waals surface area contributed by atoms with Crippen LogP contribution in [0.15, 0.2) is 48.5 Å². The van der Waals surface area contributed by atoms with Gasteiger partial charge in [0.15, 0.2) is 0 Å². The zero-order chi connectivity index (χ0) is 22.9. The number of ether oxygens (including phenoxy) is 2. The van der Waals surface area contributed by atoms with Crippen LogP contribution >= 0.6 is 0 Å². The third-order valence-electron chi connectivity index (χ3n) is 5.42. The summed E-state index contributed by atoms with van der Waals surface area (Å²) in [6.07, 6.45) is 2.14. The maximum Gasteiger partial charge on any atom is 0.243 e. The third kappa shape index (κ3) is 6.52. The number of tetrazole rings is 1. The van der Waals surface area contributed by atoms with Crippen molar-refractivity contribution >= 4 is 11.6 Å². The first-order valence-corrected chi connectivity index (χ1v) is 11.4. The molecule has 3 aromatic rings. The molecule has 0 aliphatic carbocycles. The molecule has 0 saturated carbocycles. The van der Waals surface area contributed by atoms with Gasteiger partial charge in [-0.05, 0) is 53.6 Å². The van der Waals surface area contributed by atoms with Gasteiger partial charge < -0.3 is 19.7 Å². The van der Waals surface area contributed by atoms with Gasteiger partial charge in [0.05, 0.1) is 19.8 Å². The number of nitrogens with zero attached hydrogens (tertiary/aromatic N) is 5. The van der Waals surface area contributed by atoms with Crippen LogP contribution in [-0.4, -0.2) is 59.0 Å². The molecule has 0 unspecified atom stereocenters. The summed E-state index contributed by atoms with van der Waals surface area (Å²) in [6, 6.07) is 15.8. The molecule has 174 valence electrons. The Morgan fingerprint density at radius 3 is 2.58 bits per heavy atom. The summed E-state index contributed by atoms with van der Waals surface area (Å²) in [7, 11) is 0. The number of amides is 1. The first kappa shape index (κ1) is 22.7. The van der Waals surface area contributed by atoms with Crippen molar-refractivity contribution in [3.63, 3.8) is 0 Å². The van der Waals surface area contributed by atoms with Gasteiger partial charge in [0.25, 0.3) is 0 Å². The van der Waals surface area contributed by atoms with E-state index in [4.69, 9.17) is 9.47 Å². The summed E-state index contributed by atoms with van der Waals surface area (Å²) in [6.45, 7) is 6.57. The minimum atomic E-state index is -0.176. The molecule has 1 aliphatic heterocycles. The van der Waals surface area contributed by atoms with Crippen molar-refractivity contribution in [1.82, 2.24) is 25.5 Å². The molecule has 4 rings (SSSR count). The quantitative estimate of drug-likeness (QED) is 0.475. The lowest BCUT2D eigenvalue weighted by Crippen LogP contribution is -2.36. The highest BCUT2D eigenvalue weighted by Crippen LogP contribution is 2.21. The van der Waals surface area contributed by atoms with Gasteiger partial charge in [-0.2, -0.15) is 4.80 Å². The summed E-state index contributed by atoms with van der Waals surface area (Å²) in [5.41, 5.74) is 3.01. The molecule has 1 fully saturated rings. The Morgan fingerprint density at radius 1 is 1.09 bits per heavy atom. The lowest BCUT2D eigenvalue weighted by atomic mass is 10.2. The standard InChI is InChI=1S/C24H30N6O3/c1-2-3-14-33-22-10-4-19(5-11-22)17-25-23(31)18-30-27-24(26-28-30)20-6-8-21(9-7-20)29-12-15-32-16-13-29/h4-11H,2-3,12-18H2,1H3,(H,25,31). The molecule has 0 atom stereocenters. The normalized spacial score (nSPS) is 13.7. The predicted octanol–water partition coefficient (Wildman–Crippen LogP) is 2.67. The summed E-state index contributed by atoms with van der Waals surface area (Å²) < 4.78 is 11.1. The summed E-state index contributed by atoms with van der Waals surface area (Å²) >= 11 is 0. The lowest BCUT2D eigenvalue weighted by molar-refractivity contribution is -0.122. The van der Waals surface area contributed by atoms with Crippen LogP contribution in [0.4, 0.5) is 5.69 Å². The second-order valence-corrected chi connectivity index (χ2v) is 7.91. The van der Waals surface area contributed by atoms with Crippen LogP contribution in [0.5, 0.6) is 5.75 Å². The zero-order valence-corrected chi connectivity index (χ0v) is 18.9. The Morgan fingerprint density at radius 2 is 1.85 bits per heavy atom. The summed E-state index contributed by atoms with van der Waals surface area (Å²) in [4.78, 5) is 15.9. The van der Waals surface area contributed by atoms with Crippen molar-refractivity contribution in [2.75, 3.05) is 37.8 Å². The minimum Gasteiger partial charge on any atom is -0.494 e. The van der Waals surface area contributed by atoms with Crippen LogP contribution in [0, 0.1) is 0 Å². The van der Waals surface area contributed by atoms with Crippen LogP contribution in [0.3, 0.4) is 0 Å². The maximum absolute atomic E-state index is 12.3. The maximum atomic E-state index is 12.3. The number of unbranched alkanes of at least 4 members (excludes halogenated alkanes) is 1. The Bertz CT molecular complexity index is 1010. The Hall–Kier alpha value is -3.46. The Labute approximate surface area is 193 Å². The first-order chi connectivity index (χ1) is 16.2. The highest BCUT2D eigenvalue weighted by molar-refractivity contribution is 5.75. The van der Waals surface area contributed by atoms with E-state index in [9.17, 15) is 4.79 Å². The molecule has 9 heteroatoms. The molecule has 33 heavy (non-hydrogen) atoms. The molecule has 1 N–H and O–H groups in total. The molecule has 1 aromatic heterocycles. The van der Waals surface area contributed by atoms with Crippen LogP contribution < -0.4 is 15.0 Å². The number of nitrogens with one attached hydrogen (secondary N) is 1. The van der Waals surface area contributed by atoms with Gasteiger partial charge in [-0.3, -0.25) is 4.79 Å². The van der Waals surface area contributed by atoms with E-state index < -0.39 is 0 Å². The molecule has 1 amide bonds. The van der Waals surface area contributed by atoms with E-state index in [1.807, 2.05) is 48.5 Å². The highest BCUT2D eigenvalue weighted by Gasteiger charge is 2.13. The molecule has 0 radical (unpaired) electrons. The molecule has 0 bridgehead atoms. The van der Waals surface area contributed by atoms with Gasteiger partial charge in [-0.25, -0.2) is 0 Å². The monoisotopic (exact) mass is 450 g/mol. The molecule has 2 aromatic carbocycles. The lowest BCUT2D eigenvalue weighted by Gasteiger charge is -2.28. The summed E-state index contributed by atoms with van der Waals surface area (Å²) in [5, 5.41) is 15.3. The molecule has 9 nitrogen and oxygen atoms in total. The smallest absolute Gasteiger partial charge is 0.243 e. The number of hydrogen-bond donors (Lipinski definition) is 1. The third-order valence-corrected chi connectivity index (χ3v) is 5.42. The fourth-order valence-corrected chi connectivity index (χ4v) is 3.49. The second kappa shape index (κ2) is 11.4. The van der Waals surface area contributed by atoms with Crippen LogP contribution in [0.25, 0.3) is 11.4 Å². The fraction of sp³-hybridized carbons (Fsp3) is 0.417. The Kier molecular flexibility index (Phi) is 7.86. The number of carbonyl (C=O) groups excluding carboxylic acids is 1. The van der Waals surface area contributed by atoms with Crippen molar-refractivity contribution in [2.45, 2.75) is 32.9 Å². The van der Waals surface area contributed by atoms with E-state index >= 15 is 0 Å². The molecule has 2 heterocycles. The number of hydrogen-bond acceptors (Lipinski definition) is 7. The number of morpholine rings is 1. The SMILES string of the molecule is CCCCOc1ccc(CNC(=O)Cn2nnc(-c3ccc(N4CCOCC4)cc3)n2)cc1. The largest absolute Gasteiger partial charge is 0.494 e. The number of rotatable bonds is 10. The molecule has 0 spiro atoms. The van der Waals surface area contributed by atoms with Gasteiger partial charge >= 0.3 is 0 Å². The van der Waals surface area contributed by atoms with Crippen molar-refractivity contribution in [2.24, 2.45) is 0 Å². The number of carbonyl (C=O) groups is 1. The Balaban J connectivity index is 1.25. The van der Waals surface area contributed by atoms with E-state index in [2.05, 4.69) is 32.6 Å². The van der Waals surface area contributed by atoms with Gasteiger partial charge in [-0.1, -0.05) is 25.5 Å². The van der Waals surface area contributed by atoms with Gasteiger partial charge in [-0.15, -0.1) is 10.2 Å². The number of aromatic nitrogens is 4. The molecule has 1 aliphatic rings. The van der Waals surface area contributed by atoms with Gasteiger partial charge in [0.1, 0.15) is 12.3 Å². The molecular weight excluding hydrogens is 420 g/mol. The van der Waals surface area contributed by atoms with E-state index in [-0.39, 0.29) is 12.5 Å². The van der Waals surface area contributed by atoms with Crippen molar-refractivity contribution in [3.8, 4) is 17.1 Å².